The largest absolute Gasteiger partial charge is 0.491 e. The Balaban J connectivity index is 1.68. The zero-order chi connectivity index (χ0) is 19.1. The Morgan fingerprint density at radius 3 is 2.11 bits per heavy atom. The van der Waals surface area contributed by atoms with Gasteiger partial charge in [-0.3, -0.25) is 0 Å². The van der Waals surface area contributed by atoms with Gasteiger partial charge in [0, 0.05) is 23.5 Å². The molecule has 4 nitrogen and oxygen atoms in total. The summed E-state index contributed by atoms with van der Waals surface area (Å²) in [6.45, 7) is 4.19. The fraction of sp³-hybridized carbons (Fsp3) is 0.304. The number of hydrogen-bond donors (Lipinski definition) is 1. The number of benzene rings is 2. The molecule has 0 fully saturated rings. The Morgan fingerprint density at radius 2 is 1.52 bits per heavy atom. The Labute approximate surface area is 160 Å². The molecule has 2 aromatic carbocycles. The summed E-state index contributed by atoms with van der Waals surface area (Å²) in [4.78, 5) is 9.02. The molecule has 1 atom stereocenters. The normalized spacial score (nSPS) is 12.0. The van der Waals surface area contributed by atoms with Gasteiger partial charge in [-0.15, -0.1) is 0 Å². The third-order valence-corrected chi connectivity index (χ3v) is 4.36. The van der Waals surface area contributed by atoms with Crippen molar-refractivity contribution < 1.29 is 9.84 Å². The quantitative estimate of drug-likeness (QED) is 0.618. The molecule has 0 saturated heterocycles. The van der Waals surface area contributed by atoms with E-state index in [1.807, 2.05) is 36.7 Å². The SMILES string of the molecule is CCCCc1ccc(-c2cnc(-c3ccc(OC[C@@H](C)O)cc3)nc2)cc1. The summed E-state index contributed by atoms with van der Waals surface area (Å²) in [7, 11) is 0. The summed E-state index contributed by atoms with van der Waals surface area (Å²) in [5.74, 6) is 1.40. The first-order valence-corrected chi connectivity index (χ1v) is 9.48. The van der Waals surface area contributed by atoms with Gasteiger partial charge in [0.2, 0.25) is 0 Å². The molecule has 0 spiro atoms. The van der Waals surface area contributed by atoms with Crippen LogP contribution in [-0.2, 0) is 6.42 Å². The van der Waals surface area contributed by atoms with E-state index in [1.165, 1.54) is 18.4 Å². The smallest absolute Gasteiger partial charge is 0.159 e. The third-order valence-electron chi connectivity index (χ3n) is 4.36. The van der Waals surface area contributed by atoms with E-state index >= 15 is 0 Å². The van der Waals surface area contributed by atoms with E-state index in [9.17, 15) is 5.11 Å². The van der Waals surface area contributed by atoms with E-state index in [0.29, 0.717) is 5.82 Å². The van der Waals surface area contributed by atoms with E-state index < -0.39 is 6.10 Å². The number of aryl methyl sites for hydroxylation is 1. The molecule has 0 radical (unpaired) electrons. The van der Waals surface area contributed by atoms with Crippen LogP contribution in [0.4, 0.5) is 0 Å². The summed E-state index contributed by atoms with van der Waals surface area (Å²) in [5.41, 5.74) is 4.44. The van der Waals surface area contributed by atoms with Gasteiger partial charge in [-0.25, -0.2) is 9.97 Å². The number of aliphatic hydroxyl groups is 1. The van der Waals surface area contributed by atoms with Gasteiger partial charge in [-0.2, -0.15) is 0 Å². The molecule has 27 heavy (non-hydrogen) atoms. The molecule has 1 aromatic heterocycles. The number of unbranched alkanes of at least 4 members (excludes halogenated alkanes) is 1. The summed E-state index contributed by atoms with van der Waals surface area (Å²) < 4.78 is 5.48. The predicted octanol–water partition coefficient (Wildman–Crippen LogP) is 4.91. The van der Waals surface area contributed by atoms with E-state index in [4.69, 9.17) is 4.74 Å². The van der Waals surface area contributed by atoms with Crippen molar-refractivity contribution in [1.29, 1.82) is 0 Å². The molecule has 3 aromatic rings. The minimum atomic E-state index is -0.485. The highest BCUT2D eigenvalue weighted by molar-refractivity contribution is 5.64. The van der Waals surface area contributed by atoms with Crippen LogP contribution in [0.15, 0.2) is 60.9 Å². The number of rotatable bonds is 8. The molecular formula is C23H26N2O2. The van der Waals surface area contributed by atoms with Gasteiger partial charge in [0.25, 0.3) is 0 Å². The molecule has 4 heteroatoms. The first kappa shape index (κ1) is 19.1. The summed E-state index contributed by atoms with van der Waals surface area (Å²) in [6, 6.07) is 16.2. The Hall–Kier alpha value is -2.72. The van der Waals surface area contributed by atoms with Gasteiger partial charge in [-0.1, -0.05) is 37.6 Å². The molecule has 0 aliphatic carbocycles. The Morgan fingerprint density at radius 1 is 0.889 bits per heavy atom. The second kappa shape index (κ2) is 9.28. The number of aromatic nitrogens is 2. The predicted molar refractivity (Wildman–Crippen MR) is 109 cm³/mol. The first-order chi connectivity index (χ1) is 13.2. The summed E-state index contributed by atoms with van der Waals surface area (Å²) in [5, 5.41) is 9.27. The lowest BCUT2D eigenvalue weighted by Crippen LogP contribution is -2.12. The monoisotopic (exact) mass is 362 g/mol. The van der Waals surface area contributed by atoms with Crippen LogP contribution in [0.25, 0.3) is 22.5 Å². The number of hydrogen-bond acceptors (Lipinski definition) is 4. The maximum atomic E-state index is 9.27. The standard InChI is InChI=1S/C23H26N2O2/c1-3-4-5-18-6-8-19(9-7-18)21-14-24-23(25-15-21)20-10-12-22(13-11-20)27-16-17(2)26/h6-15,17,26H,3-5,16H2,1-2H3/t17-/m1/s1. The molecule has 0 saturated carbocycles. The molecule has 3 rings (SSSR count). The van der Waals surface area contributed by atoms with Crippen molar-refractivity contribution in [2.75, 3.05) is 6.61 Å². The number of ether oxygens (including phenoxy) is 1. The molecule has 1 heterocycles. The van der Waals surface area contributed by atoms with E-state index in [2.05, 4.69) is 41.2 Å². The van der Waals surface area contributed by atoms with Crippen molar-refractivity contribution >= 4 is 0 Å². The lowest BCUT2D eigenvalue weighted by atomic mass is 10.0. The van der Waals surface area contributed by atoms with Crippen molar-refractivity contribution in [3.05, 3.63) is 66.5 Å². The minimum Gasteiger partial charge on any atom is -0.491 e. The van der Waals surface area contributed by atoms with Gasteiger partial charge in [0.1, 0.15) is 12.4 Å². The van der Waals surface area contributed by atoms with Crippen molar-refractivity contribution in [3.8, 4) is 28.3 Å². The van der Waals surface area contributed by atoms with Crippen LogP contribution < -0.4 is 4.74 Å². The Bertz CT molecular complexity index is 826. The van der Waals surface area contributed by atoms with Gasteiger partial charge >= 0.3 is 0 Å². The van der Waals surface area contributed by atoms with Crippen LogP contribution >= 0.6 is 0 Å². The van der Waals surface area contributed by atoms with Crippen LogP contribution in [0, 0.1) is 0 Å². The van der Waals surface area contributed by atoms with Crippen LogP contribution in [0.5, 0.6) is 5.75 Å². The molecule has 0 aliphatic rings. The van der Waals surface area contributed by atoms with Crippen LogP contribution in [0.3, 0.4) is 0 Å². The van der Waals surface area contributed by atoms with Crippen molar-refractivity contribution in [2.45, 2.75) is 39.2 Å². The molecule has 0 unspecified atom stereocenters. The van der Waals surface area contributed by atoms with Crippen molar-refractivity contribution in [1.82, 2.24) is 9.97 Å². The highest BCUT2D eigenvalue weighted by atomic mass is 16.5. The minimum absolute atomic E-state index is 0.280. The van der Waals surface area contributed by atoms with Crippen molar-refractivity contribution in [2.24, 2.45) is 0 Å². The van der Waals surface area contributed by atoms with Crippen molar-refractivity contribution in [3.63, 3.8) is 0 Å². The highest BCUT2D eigenvalue weighted by Gasteiger charge is 2.05. The molecule has 0 amide bonds. The fourth-order valence-corrected chi connectivity index (χ4v) is 2.79. The van der Waals surface area contributed by atoms with Gasteiger partial charge < -0.3 is 9.84 Å². The molecule has 0 bridgehead atoms. The molecular weight excluding hydrogens is 336 g/mol. The number of aliphatic hydroxyl groups excluding tert-OH is 1. The summed E-state index contributed by atoms with van der Waals surface area (Å²) >= 11 is 0. The maximum Gasteiger partial charge on any atom is 0.159 e. The maximum absolute atomic E-state index is 9.27. The van der Waals surface area contributed by atoms with E-state index in [0.717, 1.165) is 28.9 Å². The van der Waals surface area contributed by atoms with Gasteiger partial charge in [0.05, 0.1) is 6.10 Å². The average Bonchev–Trinajstić information content (AvgIpc) is 2.72. The molecule has 0 aliphatic heterocycles. The lowest BCUT2D eigenvalue weighted by Gasteiger charge is -2.08. The zero-order valence-corrected chi connectivity index (χ0v) is 15.9. The fourth-order valence-electron chi connectivity index (χ4n) is 2.79. The summed E-state index contributed by atoms with van der Waals surface area (Å²) in [6.07, 6.45) is 6.80. The second-order valence-corrected chi connectivity index (χ2v) is 6.78. The number of nitrogens with zero attached hydrogens (tertiary/aromatic N) is 2. The molecule has 140 valence electrons. The van der Waals surface area contributed by atoms with E-state index in [1.54, 1.807) is 6.92 Å². The highest BCUT2D eigenvalue weighted by Crippen LogP contribution is 2.23. The first-order valence-electron chi connectivity index (χ1n) is 9.48. The van der Waals surface area contributed by atoms with Gasteiger partial charge in [0.15, 0.2) is 5.82 Å². The molecule has 1 N–H and O–H groups in total. The van der Waals surface area contributed by atoms with Crippen LogP contribution in [0.1, 0.15) is 32.3 Å². The second-order valence-electron chi connectivity index (χ2n) is 6.78. The van der Waals surface area contributed by atoms with Crippen LogP contribution in [-0.4, -0.2) is 27.8 Å². The topological polar surface area (TPSA) is 55.2 Å². The van der Waals surface area contributed by atoms with Gasteiger partial charge in [-0.05, 0) is 55.2 Å². The average molecular weight is 362 g/mol. The lowest BCUT2D eigenvalue weighted by molar-refractivity contribution is 0.123. The Kier molecular flexibility index (Phi) is 6.55. The van der Waals surface area contributed by atoms with E-state index in [-0.39, 0.29) is 6.61 Å². The zero-order valence-electron chi connectivity index (χ0n) is 15.9. The van der Waals surface area contributed by atoms with Crippen LogP contribution in [0.2, 0.25) is 0 Å². The third kappa shape index (κ3) is 5.38.